The van der Waals surface area contributed by atoms with Crippen LogP contribution in [-0.4, -0.2) is 59.9 Å². The van der Waals surface area contributed by atoms with E-state index in [1.165, 1.54) is 6.07 Å². The van der Waals surface area contributed by atoms with E-state index in [0.717, 1.165) is 43.1 Å². The molecular formula is C32H38ClF2N3O4. The van der Waals surface area contributed by atoms with Crippen molar-refractivity contribution in [2.75, 3.05) is 32.8 Å². The summed E-state index contributed by atoms with van der Waals surface area (Å²) in [6.07, 6.45) is 1.98. The number of rotatable bonds is 8. The summed E-state index contributed by atoms with van der Waals surface area (Å²) in [7, 11) is 0. The summed E-state index contributed by atoms with van der Waals surface area (Å²) < 4.78 is 34.5. The molecule has 1 unspecified atom stereocenters. The summed E-state index contributed by atoms with van der Waals surface area (Å²) in [6, 6.07) is 23.6. The SMILES string of the molecule is CC(=O)NC1(c2ccccc2)CCN(CCC2(c3ccc(F)c(F)c3)CN(Cc3ccccc3)C(=O)CO2)CC1.Cl.O. The van der Waals surface area contributed by atoms with Crippen molar-refractivity contribution in [2.24, 2.45) is 0 Å². The second-order valence-electron chi connectivity index (χ2n) is 10.9. The number of carbonyl (C=O) groups is 2. The van der Waals surface area contributed by atoms with Crippen molar-refractivity contribution in [2.45, 2.75) is 43.9 Å². The van der Waals surface area contributed by atoms with Crippen LogP contribution >= 0.6 is 12.4 Å². The molecule has 2 aliphatic rings. The normalized spacial score (nSPS) is 20.3. The molecule has 0 aromatic heterocycles. The first-order valence-electron chi connectivity index (χ1n) is 13.8. The molecule has 2 aliphatic heterocycles. The zero-order chi connectivity index (χ0) is 28.2. The summed E-state index contributed by atoms with van der Waals surface area (Å²) in [5, 5.41) is 3.20. The summed E-state index contributed by atoms with van der Waals surface area (Å²) in [5.74, 6) is -2.05. The second-order valence-corrected chi connectivity index (χ2v) is 10.9. The summed E-state index contributed by atoms with van der Waals surface area (Å²) >= 11 is 0. The van der Waals surface area contributed by atoms with E-state index in [0.29, 0.717) is 25.1 Å². The van der Waals surface area contributed by atoms with Crippen molar-refractivity contribution in [3.63, 3.8) is 0 Å². The molecule has 2 heterocycles. The van der Waals surface area contributed by atoms with Crippen LogP contribution in [0, 0.1) is 11.6 Å². The molecule has 1 atom stereocenters. The van der Waals surface area contributed by atoms with Crippen molar-refractivity contribution >= 4 is 24.2 Å². The summed E-state index contributed by atoms with van der Waals surface area (Å²) in [4.78, 5) is 29.0. The number of carbonyl (C=O) groups excluding carboxylic acids is 2. The van der Waals surface area contributed by atoms with E-state index in [2.05, 4.69) is 22.3 Å². The fourth-order valence-corrected chi connectivity index (χ4v) is 6.01. The molecule has 0 aliphatic carbocycles. The predicted molar refractivity (Wildman–Crippen MR) is 159 cm³/mol. The van der Waals surface area contributed by atoms with Crippen LogP contribution in [0.2, 0.25) is 0 Å². The zero-order valence-corrected chi connectivity index (χ0v) is 24.5. The topological polar surface area (TPSA) is 93.4 Å². The third-order valence-corrected chi connectivity index (χ3v) is 8.22. The third kappa shape index (κ3) is 7.33. The van der Waals surface area contributed by atoms with Crippen LogP contribution in [0.5, 0.6) is 0 Å². The molecule has 2 saturated heterocycles. The zero-order valence-electron chi connectivity index (χ0n) is 23.7. The Hall–Kier alpha value is -3.37. The summed E-state index contributed by atoms with van der Waals surface area (Å²) in [6.45, 7) is 4.19. The van der Waals surface area contributed by atoms with Gasteiger partial charge in [0.1, 0.15) is 12.2 Å². The van der Waals surface area contributed by atoms with Crippen LogP contribution in [0.1, 0.15) is 42.9 Å². The molecule has 0 spiro atoms. The number of benzene rings is 3. The van der Waals surface area contributed by atoms with Gasteiger partial charge in [-0.2, -0.15) is 0 Å². The van der Waals surface area contributed by atoms with Gasteiger partial charge in [0.15, 0.2) is 11.6 Å². The fraction of sp³-hybridized carbons (Fsp3) is 0.375. The molecule has 5 rings (SSSR count). The lowest BCUT2D eigenvalue weighted by molar-refractivity contribution is -0.169. The Morgan fingerprint density at radius 1 is 0.929 bits per heavy atom. The average Bonchev–Trinajstić information content (AvgIpc) is 2.96. The van der Waals surface area contributed by atoms with Gasteiger partial charge in [-0.25, -0.2) is 8.78 Å². The molecule has 2 amide bonds. The first-order valence-corrected chi connectivity index (χ1v) is 13.8. The van der Waals surface area contributed by atoms with Gasteiger partial charge in [-0.15, -0.1) is 12.4 Å². The van der Waals surface area contributed by atoms with Gasteiger partial charge in [0.05, 0.1) is 12.1 Å². The Morgan fingerprint density at radius 3 is 2.19 bits per heavy atom. The largest absolute Gasteiger partial charge is 0.412 e. The minimum Gasteiger partial charge on any atom is -0.412 e. The van der Waals surface area contributed by atoms with E-state index in [-0.39, 0.29) is 42.8 Å². The number of nitrogens with one attached hydrogen (secondary N) is 1. The van der Waals surface area contributed by atoms with Crippen molar-refractivity contribution < 1.29 is 28.6 Å². The Bertz CT molecular complexity index is 1340. The van der Waals surface area contributed by atoms with Gasteiger partial charge in [-0.3, -0.25) is 9.59 Å². The standard InChI is InChI=1S/C32H35F2N3O3.ClH.H2O/c1-24(38)35-31(26-10-6-3-7-11-26)14-17-36(18-15-31)19-16-32(27-12-13-28(33)29(34)20-27)23-37(30(39)22-40-32)21-25-8-4-2-5-9-25;;/h2-13,20H,14-19,21-23H2,1H3,(H,35,38);1H;1H2. The van der Waals surface area contributed by atoms with E-state index >= 15 is 0 Å². The highest BCUT2D eigenvalue weighted by Gasteiger charge is 2.43. The van der Waals surface area contributed by atoms with Gasteiger partial charge in [0.25, 0.3) is 0 Å². The quantitative estimate of drug-likeness (QED) is 0.416. The van der Waals surface area contributed by atoms with Crippen LogP contribution in [0.25, 0.3) is 0 Å². The molecule has 0 radical (unpaired) electrons. The number of morpholine rings is 1. The lowest BCUT2D eigenvalue weighted by Crippen LogP contribution is -2.55. The van der Waals surface area contributed by atoms with E-state index < -0.39 is 22.8 Å². The molecule has 7 nitrogen and oxygen atoms in total. The highest BCUT2D eigenvalue weighted by Crippen LogP contribution is 2.37. The van der Waals surface area contributed by atoms with Crippen molar-refractivity contribution in [1.82, 2.24) is 15.1 Å². The highest BCUT2D eigenvalue weighted by molar-refractivity contribution is 5.85. The van der Waals surface area contributed by atoms with Gasteiger partial charge in [0, 0.05) is 33.1 Å². The molecule has 226 valence electrons. The molecule has 3 aromatic carbocycles. The monoisotopic (exact) mass is 601 g/mol. The molecule has 0 saturated carbocycles. The van der Waals surface area contributed by atoms with Crippen LogP contribution in [0.15, 0.2) is 78.9 Å². The van der Waals surface area contributed by atoms with Gasteiger partial charge in [0.2, 0.25) is 11.8 Å². The van der Waals surface area contributed by atoms with E-state index in [4.69, 9.17) is 4.74 Å². The Labute approximate surface area is 251 Å². The predicted octanol–water partition coefficient (Wildman–Crippen LogP) is 4.33. The molecule has 0 bridgehead atoms. The fourth-order valence-electron chi connectivity index (χ4n) is 6.01. The van der Waals surface area contributed by atoms with Crippen LogP contribution in [0.3, 0.4) is 0 Å². The van der Waals surface area contributed by atoms with Crippen LogP contribution in [-0.2, 0) is 32.0 Å². The molecule has 3 N–H and O–H groups in total. The smallest absolute Gasteiger partial charge is 0.249 e. The van der Waals surface area contributed by atoms with Gasteiger partial charge < -0.3 is 25.3 Å². The lowest BCUT2D eigenvalue weighted by Gasteiger charge is -2.46. The average molecular weight is 602 g/mol. The number of likely N-dealkylation sites (tertiary alicyclic amines) is 1. The number of ether oxygens (including phenoxy) is 1. The van der Waals surface area contributed by atoms with Crippen molar-refractivity contribution in [3.05, 3.63) is 107 Å². The van der Waals surface area contributed by atoms with Crippen LogP contribution < -0.4 is 5.32 Å². The maximum atomic E-state index is 14.4. The molecule has 10 heteroatoms. The van der Waals surface area contributed by atoms with E-state index in [1.54, 1.807) is 17.9 Å². The summed E-state index contributed by atoms with van der Waals surface area (Å²) in [5.41, 5.74) is 1.19. The second kappa shape index (κ2) is 14.2. The minimum absolute atomic E-state index is 0. The number of nitrogens with zero attached hydrogens (tertiary/aromatic N) is 2. The van der Waals surface area contributed by atoms with Gasteiger partial charge in [-0.1, -0.05) is 66.7 Å². The maximum absolute atomic E-state index is 14.4. The Balaban J connectivity index is 0.00000242. The highest BCUT2D eigenvalue weighted by atomic mass is 35.5. The Morgan fingerprint density at radius 2 is 1.57 bits per heavy atom. The van der Waals surface area contributed by atoms with Crippen molar-refractivity contribution in [1.29, 1.82) is 0 Å². The maximum Gasteiger partial charge on any atom is 0.249 e. The van der Waals surface area contributed by atoms with Gasteiger partial charge >= 0.3 is 0 Å². The third-order valence-electron chi connectivity index (χ3n) is 8.22. The first-order chi connectivity index (χ1) is 19.3. The van der Waals surface area contributed by atoms with Gasteiger partial charge in [-0.05, 0) is 48.1 Å². The Kier molecular flexibility index (Phi) is 11.2. The number of amides is 2. The molecule has 2 fully saturated rings. The molecular weight excluding hydrogens is 564 g/mol. The van der Waals surface area contributed by atoms with Crippen molar-refractivity contribution in [3.8, 4) is 0 Å². The molecule has 42 heavy (non-hydrogen) atoms. The van der Waals surface area contributed by atoms with E-state index in [9.17, 15) is 18.4 Å². The minimum atomic E-state index is -0.983. The lowest BCUT2D eigenvalue weighted by atomic mass is 9.80. The van der Waals surface area contributed by atoms with Crippen LogP contribution in [0.4, 0.5) is 8.78 Å². The number of hydrogen-bond donors (Lipinski definition) is 1. The molecule has 3 aromatic rings. The first kappa shape index (κ1) is 33.1. The van der Waals surface area contributed by atoms with E-state index in [1.807, 2.05) is 48.5 Å². The number of piperidine rings is 1. The number of hydrogen-bond acceptors (Lipinski definition) is 4. The number of halogens is 3.